The van der Waals surface area contributed by atoms with E-state index in [0.717, 1.165) is 29.6 Å². The van der Waals surface area contributed by atoms with Gasteiger partial charge in [0, 0.05) is 14.1 Å². The molecule has 2 aromatic carbocycles. The third kappa shape index (κ3) is 5.60. The van der Waals surface area contributed by atoms with Crippen molar-refractivity contribution in [3.05, 3.63) is 56.6 Å². The fourth-order valence-electron chi connectivity index (χ4n) is 2.48. The number of nitro benzene ring substituents is 1. The number of carbonyl (C=O) groups is 1. The Morgan fingerprint density at radius 1 is 1.22 bits per heavy atom. The molecular weight excluding hydrogens is 478 g/mol. The second kappa shape index (κ2) is 10.1. The number of methoxy groups -OCH3 is 1. The molecule has 0 aromatic heterocycles. The highest BCUT2D eigenvalue weighted by Crippen LogP contribution is 2.36. The molecule has 174 valence electrons. The number of carbonyl (C=O) groups excluding carboxylic acids is 1. The number of hydrogen-bond donors (Lipinski definition) is 0. The van der Waals surface area contributed by atoms with Crippen LogP contribution < -0.4 is 9.47 Å². The third-order valence-corrected chi connectivity index (χ3v) is 6.36. The summed E-state index contributed by atoms with van der Waals surface area (Å²) in [4.78, 5) is 22.5. The normalized spacial score (nSPS) is 11.5. The topological polar surface area (TPSA) is 125 Å². The van der Waals surface area contributed by atoms with Crippen molar-refractivity contribution in [1.82, 2.24) is 4.31 Å². The van der Waals surface area contributed by atoms with E-state index in [1.807, 2.05) is 0 Å². The summed E-state index contributed by atoms with van der Waals surface area (Å²) < 4.78 is 64.8. The molecule has 0 radical (unpaired) electrons. The van der Waals surface area contributed by atoms with E-state index < -0.39 is 45.6 Å². The number of halogens is 3. The van der Waals surface area contributed by atoms with Crippen LogP contribution in [-0.2, 0) is 21.4 Å². The van der Waals surface area contributed by atoms with Gasteiger partial charge >= 0.3 is 12.6 Å². The summed E-state index contributed by atoms with van der Waals surface area (Å²) >= 11 is 5.93. The van der Waals surface area contributed by atoms with Gasteiger partial charge in [-0.15, -0.1) is 0 Å². The smallest absolute Gasteiger partial charge is 0.387 e. The average molecular weight is 495 g/mol. The fourth-order valence-corrected chi connectivity index (χ4v) is 3.87. The molecule has 10 nitrogen and oxygen atoms in total. The first-order valence-electron chi connectivity index (χ1n) is 8.57. The van der Waals surface area contributed by atoms with Crippen LogP contribution in [0.4, 0.5) is 14.5 Å². The number of sulfonamides is 1. The van der Waals surface area contributed by atoms with Crippen molar-refractivity contribution in [2.45, 2.75) is 18.1 Å². The molecule has 0 atom stereocenters. The standard InChI is InChI=1S/C18H17ClF2N2O8S/c1-22(2)32(27,28)16-7-10(4-5-12(16)19)17(24)30-9-11-6-14(29-3)15(31-18(20)21)8-13(11)23(25)26/h4-8,18H,9H2,1-3H3. The van der Waals surface area contributed by atoms with Gasteiger partial charge in [-0.05, 0) is 24.3 Å². The van der Waals surface area contributed by atoms with Crippen molar-refractivity contribution in [2.24, 2.45) is 0 Å². The Bertz CT molecular complexity index is 1140. The van der Waals surface area contributed by atoms with Gasteiger partial charge in [-0.2, -0.15) is 8.78 Å². The highest BCUT2D eigenvalue weighted by Gasteiger charge is 2.25. The van der Waals surface area contributed by atoms with Crippen LogP contribution in [0.5, 0.6) is 11.5 Å². The lowest BCUT2D eigenvalue weighted by Crippen LogP contribution is -2.23. The van der Waals surface area contributed by atoms with E-state index in [2.05, 4.69) is 4.74 Å². The number of ether oxygens (including phenoxy) is 3. The molecule has 32 heavy (non-hydrogen) atoms. The molecule has 0 amide bonds. The van der Waals surface area contributed by atoms with E-state index in [1.54, 1.807) is 0 Å². The minimum Gasteiger partial charge on any atom is -0.493 e. The van der Waals surface area contributed by atoms with Crippen molar-refractivity contribution in [3.63, 3.8) is 0 Å². The summed E-state index contributed by atoms with van der Waals surface area (Å²) in [6.07, 6.45) is 0. The lowest BCUT2D eigenvalue weighted by molar-refractivity contribution is -0.386. The largest absolute Gasteiger partial charge is 0.493 e. The molecule has 2 aromatic rings. The van der Waals surface area contributed by atoms with Gasteiger partial charge in [0.15, 0.2) is 11.5 Å². The Kier molecular flexibility index (Phi) is 7.93. The Morgan fingerprint density at radius 3 is 2.41 bits per heavy atom. The summed E-state index contributed by atoms with van der Waals surface area (Å²) in [6.45, 7) is -3.89. The zero-order chi connectivity index (χ0) is 24.2. The van der Waals surface area contributed by atoms with Crippen molar-refractivity contribution in [1.29, 1.82) is 0 Å². The Balaban J connectivity index is 2.34. The maximum atomic E-state index is 12.5. The first-order chi connectivity index (χ1) is 14.9. The number of alkyl halides is 2. The van der Waals surface area contributed by atoms with Crippen LogP contribution in [0, 0.1) is 10.1 Å². The first kappa shape index (κ1) is 25.2. The Hall–Kier alpha value is -3.03. The highest BCUT2D eigenvalue weighted by atomic mass is 35.5. The maximum Gasteiger partial charge on any atom is 0.387 e. The van der Waals surface area contributed by atoms with Gasteiger partial charge in [0.2, 0.25) is 10.0 Å². The summed E-state index contributed by atoms with van der Waals surface area (Å²) in [7, 11) is -0.261. The lowest BCUT2D eigenvalue weighted by Gasteiger charge is -2.14. The van der Waals surface area contributed by atoms with Gasteiger partial charge in [0.25, 0.3) is 5.69 Å². The molecular formula is C18H17ClF2N2O8S. The lowest BCUT2D eigenvalue weighted by atomic mass is 10.1. The molecule has 0 N–H and O–H groups in total. The van der Waals surface area contributed by atoms with Crippen LogP contribution in [0.2, 0.25) is 5.02 Å². The summed E-state index contributed by atoms with van der Waals surface area (Å²) in [5, 5.41) is 11.2. The molecule has 0 saturated carbocycles. The third-order valence-electron chi connectivity index (χ3n) is 4.06. The molecule has 0 fully saturated rings. The summed E-state index contributed by atoms with van der Waals surface area (Å²) in [5.41, 5.74) is -1.000. The molecule has 0 unspecified atom stereocenters. The summed E-state index contributed by atoms with van der Waals surface area (Å²) in [5.74, 6) is -1.81. The molecule has 0 aliphatic heterocycles. The van der Waals surface area contributed by atoms with Crippen LogP contribution in [0.25, 0.3) is 0 Å². The number of nitro groups is 1. The predicted octanol–water partition coefficient (Wildman–Crippen LogP) is 3.47. The van der Waals surface area contributed by atoms with E-state index in [4.69, 9.17) is 21.1 Å². The van der Waals surface area contributed by atoms with Gasteiger partial charge in [-0.25, -0.2) is 17.5 Å². The first-order valence-corrected chi connectivity index (χ1v) is 10.4. The summed E-state index contributed by atoms with van der Waals surface area (Å²) in [6, 6.07) is 5.16. The monoisotopic (exact) mass is 494 g/mol. The zero-order valence-electron chi connectivity index (χ0n) is 16.9. The molecule has 0 heterocycles. The molecule has 0 bridgehead atoms. The van der Waals surface area contributed by atoms with Gasteiger partial charge in [0.1, 0.15) is 11.5 Å². The number of hydrogen-bond acceptors (Lipinski definition) is 8. The fraction of sp³-hybridized carbons (Fsp3) is 0.278. The number of nitrogens with zero attached hydrogens (tertiary/aromatic N) is 2. The maximum absolute atomic E-state index is 12.5. The van der Waals surface area contributed by atoms with Crippen molar-refractivity contribution in [2.75, 3.05) is 21.2 Å². The Morgan fingerprint density at radius 2 is 1.88 bits per heavy atom. The van der Waals surface area contributed by atoms with Crippen LogP contribution in [0.15, 0.2) is 35.2 Å². The van der Waals surface area contributed by atoms with E-state index >= 15 is 0 Å². The van der Waals surface area contributed by atoms with Gasteiger partial charge in [-0.1, -0.05) is 11.6 Å². The number of rotatable bonds is 9. The molecule has 0 aliphatic carbocycles. The van der Waals surface area contributed by atoms with Crippen LogP contribution >= 0.6 is 11.6 Å². The molecule has 0 spiro atoms. The van der Waals surface area contributed by atoms with Crippen molar-refractivity contribution < 1.29 is 41.1 Å². The number of esters is 1. The number of benzene rings is 2. The zero-order valence-corrected chi connectivity index (χ0v) is 18.4. The molecule has 0 aliphatic rings. The molecule has 14 heteroatoms. The van der Waals surface area contributed by atoms with Crippen molar-refractivity contribution in [3.8, 4) is 11.5 Å². The van der Waals surface area contributed by atoms with Crippen LogP contribution in [-0.4, -0.2) is 51.4 Å². The minimum absolute atomic E-state index is 0.120. The van der Waals surface area contributed by atoms with E-state index in [0.29, 0.717) is 0 Å². The minimum atomic E-state index is -3.96. The molecule has 2 rings (SSSR count). The SMILES string of the molecule is COc1cc(COC(=O)c2ccc(Cl)c(S(=O)(=O)N(C)C)c2)c([N+](=O)[O-])cc1OC(F)F. The Labute approximate surface area is 186 Å². The molecule has 0 saturated heterocycles. The van der Waals surface area contributed by atoms with Crippen molar-refractivity contribution >= 4 is 33.3 Å². The average Bonchev–Trinajstić information content (AvgIpc) is 2.71. The predicted molar refractivity (Wildman–Crippen MR) is 108 cm³/mol. The second-order valence-electron chi connectivity index (χ2n) is 6.28. The second-order valence-corrected chi connectivity index (χ2v) is 8.80. The van der Waals surface area contributed by atoms with Gasteiger partial charge in [-0.3, -0.25) is 10.1 Å². The van der Waals surface area contributed by atoms with Gasteiger partial charge < -0.3 is 14.2 Å². The van der Waals surface area contributed by atoms with Crippen LogP contribution in [0.1, 0.15) is 15.9 Å². The van der Waals surface area contributed by atoms with E-state index in [9.17, 15) is 32.1 Å². The van der Waals surface area contributed by atoms with Gasteiger partial charge in [0.05, 0.1) is 34.2 Å². The quantitative estimate of drug-likeness (QED) is 0.295. The van der Waals surface area contributed by atoms with Crippen LogP contribution in [0.3, 0.4) is 0 Å². The highest BCUT2D eigenvalue weighted by molar-refractivity contribution is 7.89. The van der Waals surface area contributed by atoms with E-state index in [-0.39, 0.29) is 26.8 Å². The van der Waals surface area contributed by atoms with E-state index in [1.165, 1.54) is 26.2 Å².